The number of carbonyl (C=O) groups excluding carboxylic acids is 2. The maximum atomic E-state index is 11.5. The first kappa shape index (κ1) is 33.6. The number of aromatic nitrogens is 3. The summed E-state index contributed by atoms with van der Waals surface area (Å²) >= 11 is 1.65. The molecular weight excluding hydrogens is 483 g/mol. The molecule has 10 heteroatoms. The number of aliphatic hydroxyl groups is 1. The molecule has 0 radical (unpaired) electrons. The Morgan fingerprint density at radius 3 is 2.03 bits per heavy atom. The summed E-state index contributed by atoms with van der Waals surface area (Å²) in [5.41, 5.74) is 9.20. The van der Waals surface area contributed by atoms with Crippen LogP contribution in [0.3, 0.4) is 0 Å². The van der Waals surface area contributed by atoms with Crippen LogP contribution in [0.4, 0.5) is 5.82 Å². The van der Waals surface area contributed by atoms with E-state index in [4.69, 9.17) is 10.8 Å². The molecule has 188 valence electrons. The van der Waals surface area contributed by atoms with Gasteiger partial charge in [-0.05, 0) is 6.92 Å². The third kappa shape index (κ3) is 10.9. The summed E-state index contributed by atoms with van der Waals surface area (Å²) in [6.45, 7) is 15.7. The van der Waals surface area contributed by atoms with Crippen LogP contribution in [0.5, 0.6) is 0 Å². The molecule has 0 bridgehead atoms. The number of carbonyl (C=O) groups is 2. The van der Waals surface area contributed by atoms with Crippen LogP contribution in [-0.2, 0) is 22.6 Å². The van der Waals surface area contributed by atoms with E-state index in [-0.39, 0.29) is 49.4 Å². The predicted molar refractivity (Wildman–Crippen MR) is 131 cm³/mol. The lowest BCUT2D eigenvalue weighted by atomic mass is 9.82. The first-order chi connectivity index (χ1) is 14.2. The smallest absolute Gasteiger partial charge is 0.225 e. The van der Waals surface area contributed by atoms with Crippen molar-refractivity contribution in [1.82, 2.24) is 9.97 Å². The van der Waals surface area contributed by atoms with Gasteiger partial charge in [-0.3, -0.25) is 9.59 Å². The maximum Gasteiger partial charge on any atom is 0.225 e. The monoisotopic (exact) mass is 520 g/mol. The minimum absolute atomic E-state index is 0. The van der Waals surface area contributed by atoms with Crippen molar-refractivity contribution in [2.24, 2.45) is 10.8 Å². The molecule has 0 aliphatic heterocycles. The van der Waals surface area contributed by atoms with Gasteiger partial charge in [0.15, 0.2) is 12.2 Å². The number of nitrogens with zero attached hydrogens (tertiary/aromatic N) is 3. The largest absolute Gasteiger partial charge is 1.00 e. The van der Waals surface area contributed by atoms with E-state index in [0.29, 0.717) is 24.6 Å². The Bertz CT molecular complexity index is 895. The number of rotatable bonds is 6. The van der Waals surface area contributed by atoms with E-state index >= 15 is 0 Å². The minimum atomic E-state index is -0.402. The third-order valence-corrected chi connectivity index (χ3v) is 5.99. The van der Waals surface area contributed by atoms with E-state index in [0.717, 1.165) is 11.3 Å². The van der Waals surface area contributed by atoms with E-state index in [1.54, 1.807) is 17.5 Å². The molecular formula is C23H38Cl2N4O3S. The number of halogens is 2. The summed E-state index contributed by atoms with van der Waals surface area (Å²) in [7, 11) is 0. The van der Waals surface area contributed by atoms with Gasteiger partial charge in [0.05, 0.1) is 16.9 Å². The van der Waals surface area contributed by atoms with Gasteiger partial charge in [0.1, 0.15) is 23.2 Å². The van der Waals surface area contributed by atoms with Crippen LogP contribution >= 0.6 is 23.7 Å². The van der Waals surface area contributed by atoms with Gasteiger partial charge < -0.3 is 23.2 Å². The highest BCUT2D eigenvalue weighted by Crippen LogP contribution is 2.22. The second kappa shape index (κ2) is 13.9. The molecule has 0 unspecified atom stereocenters. The number of anilines is 1. The second-order valence-electron chi connectivity index (χ2n) is 9.68. The average molecular weight is 522 g/mol. The fourth-order valence-corrected chi connectivity index (χ4v) is 3.43. The Hall–Kier alpha value is -1.61. The molecule has 0 saturated heterocycles. The zero-order valence-corrected chi connectivity index (χ0v) is 23.2. The summed E-state index contributed by atoms with van der Waals surface area (Å²) in [6.07, 6.45) is 2.53. The predicted octanol–water partition coefficient (Wildman–Crippen LogP) is 0.640. The molecule has 0 fully saturated rings. The fourth-order valence-electron chi connectivity index (χ4n) is 2.44. The normalized spacial score (nSPS) is 10.9. The molecule has 0 saturated carbocycles. The van der Waals surface area contributed by atoms with E-state index in [1.807, 2.05) is 60.9 Å². The van der Waals surface area contributed by atoms with Crippen molar-refractivity contribution >= 4 is 41.1 Å². The summed E-state index contributed by atoms with van der Waals surface area (Å²) in [5, 5.41) is 8.98. The lowest BCUT2D eigenvalue weighted by Gasteiger charge is -2.20. The van der Waals surface area contributed by atoms with Crippen LogP contribution in [-0.4, -0.2) is 33.2 Å². The highest BCUT2D eigenvalue weighted by Gasteiger charge is 2.29. The van der Waals surface area contributed by atoms with Crippen LogP contribution < -0.4 is 22.7 Å². The van der Waals surface area contributed by atoms with E-state index < -0.39 is 10.8 Å². The number of aryl methyl sites for hydroxylation is 1. The first-order valence-electron chi connectivity index (χ1n) is 10.4. The molecule has 2 rings (SSSR count). The van der Waals surface area contributed by atoms with Gasteiger partial charge in [0.25, 0.3) is 0 Å². The average Bonchev–Trinajstić information content (AvgIpc) is 2.97. The molecule has 0 aliphatic carbocycles. The lowest BCUT2D eigenvalue weighted by molar-refractivity contribution is -0.689. The molecule has 3 N–H and O–H groups in total. The molecule has 0 aliphatic rings. The number of nitrogens with two attached hydrogens (primary N) is 1. The molecule has 0 spiro atoms. The van der Waals surface area contributed by atoms with Gasteiger partial charge in [0, 0.05) is 37.0 Å². The number of nitrogen functional groups attached to an aromatic ring is 1. The van der Waals surface area contributed by atoms with Gasteiger partial charge in [-0.25, -0.2) is 9.97 Å². The summed E-state index contributed by atoms with van der Waals surface area (Å²) in [6, 6.07) is 0. The van der Waals surface area contributed by atoms with Crippen LogP contribution in [0, 0.1) is 24.7 Å². The van der Waals surface area contributed by atoms with Crippen LogP contribution in [0.25, 0.3) is 0 Å². The van der Waals surface area contributed by atoms with Gasteiger partial charge in [-0.1, -0.05) is 52.9 Å². The summed E-state index contributed by atoms with van der Waals surface area (Å²) in [5.74, 6) is 1.26. The van der Waals surface area contributed by atoms with Crippen molar-refractivity contribution in [3.8, 4) is 0 Å². The van der Waals surface area contributed by atoms with Gasteiger partial charge >= 0.3 is 0 Å². The topological polar surface area (TPSA) is 110 Å². The SMILES string of the molecule is CC(C)(C)C(=O)CC(=O)C(C)(C)C.Cc1ncc(C[n+]2csc(CCO)c2C)c(N)n1.Cl.[Cl-]. The van der Waals surface area contributed by atoms with Crippen LogP contribution in [0.2, 0.25) is 0 Å². The number of Topliss-reactive ketones (excluding diaryl/α,β-unsaturated/α-hetero) is 2. The first-order valence-corrected chi connectivity index (χ1v) is 11.3. The number of ketones is 2. The van der Waals surface area contributed by atoms with Crippen molar-refractivity contribution in [2.75, 3.05) is 12.3 Å². The Morgan fingerprint density at radius 2 is 1.61 bits per heavy atom. The number of hydrogen-bond donors (Lipinski definition) is 2. The zero-order valence-electron chi connectivity index (χ0n) is 20.9. The van der Waals surface area contributed by atoms with Crippen LogP contribution in [0.1, 0.15) is 69.9 Å². The Kier molecular flexibility index (Phi) is 14.2. The van der Waals surface area contributed by atoms with Crippen molar-refractivity contribution in [1.29, 1.82) is 0 Å². The van der Waals surface area contributed by atoms with Crippen molar-refractivity contribution in [3.05, 3.63) is 33.7 Å². The van der Waals surface area contributed by atoms with Crippen LogP contribution in [0.15, 0.2) is 11.7 Å². The number of hydrogen-bond acceptors (Lipinski definition) is 7. The molecule has 2 heterocycles. The molecule has 2 aromatic rings. The maximum absolute atomic E-state index is 11.5. The zero-order chi connectivity index (χ0) is 24.0. The van der Waals surface area contributed by atoms with E-state index in [9.17, 15) is 9.59 Å². The minimum Gasteiger partial charge on any atom is -1.00 e. The van der Waals surface area contributed by atoms with E-state index in [2.05, 4.69) is 14.5 Å². The lowest BCUT2D eigenvalue weighted by Crippen LogP contribution is -3.00. The fraction of sp³-hybridized carbons (Fsp3) is 0.609. The number of thiazole rings is 1. The van der Waals surface area contributed by atoms with Crippen molar-refractivity contribution < 1.29 is 31.7 Å². The molecule has 0 amide bonds. The van der Waals surface area contributed by atoms with Crippen molar-refractivity contribution in [3.63, 3.8) is 0 Å². The molecule has 33 heavy (non-hydrogen) atoms. The summed E-state index contributed by atoms with van der Waals surface area (Å²) < 4.78 is 2.11. The second-order valence-corrected chi connectivity index (χ2v) is 10.6. The van der Waals surface area contributed by atoms with E-state index in [1.165, 1.54) is 4.88 Å². The van der Waals surface area contributed by atoms with Crippen molar-refractivity contribution in [2.45, 2.75) is 74.8 Å². The highest BCUT2D eigenvalue weighted by atomic mass is 35.5. The quantitative estimate of drug-likeness (QED) is 0.427. The summed E-state index contributed by atoms with van der Waals surface area (Å²) in [4.78, 5) is 32.5. The number of aliphatic hydroxyl groups excluding tert-OH is 1. The highest BCUT2D eigenvalue weighted by molar-refractivity contribution is 7.09. The van der Waals surface area contributed by atoms with Gasteiger partial charge in [0.2, 0.25) is 5.51 Å². The van der Waals surface area contributed by atoms with Gasteiger partial charge in [-0.2, -0.15) is 4.57 Å². The Morgan fingerprint density at radius 1 is 1.09 bits per heavy atom. The Balaban J connectivity index is 0. The third-order valence-electron chi connectivity index (χ3n) is 4.85. The molecule has 7 nitrogen and oxygen atoms in total. The molecule has 0 atom stereocenters. The Labute approximate surface area is 214 Å². The van der Waals surface area contributed by atoms with Gasteiger partial charge in [-0.15, -0.1) is 12.4 Å². The molecule has 0 aromatic carbocycles. The molecule has 2 aromatic heterocycles. The standard InChI is InChI=1S/C12H17N4OS.C11H20O2.2ClH/c1-8-11(3-4-17)18-7-16(8)6-10-5-14-9(2)15-12(10)13;1-10(2,3)8(12)7-9(13)11(4,5)6;;/h5,7,17H,3-4,6H2,1-2H3,(H2,13,14,15);7H2,1-6H3;2*1H/q+1;;;/p-1.